The number of nitrogens with two attached hydrogens (primary N) is 1. The summed E-state index contributed by atoms with van der Waals surface area (Å²) in [6, 6.07) is 1.76. The van der Waals surface area contributed by atoms with E-state index < -0.39 is 15.3 Å². The quantitative estimate of drug-likeness (QED) is 0.694. The Kier molecular flexibility index (Phi) is 3.83. The van der Waals surface area contributed by atoms with Gasteiger partial charge in [-0.25, -0.2) is 13.1 Å². The highest BCUT2D eigenvalue weighted by atomic mass is 32.2. The normalized spacial score (nSPS) is 14.1. The highest BCUT2D eigenvalue weighted by Gasteiger charge is 2.18. The number of hydrogen-bond donors (Lipinski definition) is 2. The summed E-state index contributed by atoms with van der Waals surface area (Å²) in [6.07, 6.45) is 1.62. The summed E-state index contributed by atoms with van der Waals surface area (Å²) in [4.78, 5) is 0. The van der Waals surface area contributed by atoms with Gasteiger partial charge in [-0.05, 0) is 13.0 Å². The zero-order chi connectivity index (χ0) is 11.5. The molecule has 1 unspecified atom stereocenters. The molecule has 1 heterocycles. The summed E-state index contributed by atoms with van der Waals surface area (Å²) < 4.78 is 27.2. The van der Waals surface area contributed by atoms with Crippen LogP contribution in [0.4, 0.5) is 0 Å². The van der Waals surface area contributed by atoms with E-state index in [-0.39, 0.29) is 13.1 Å². The minimum absolute atomic E-state index is 0.112. The van der Waals surface area contributed by atoms with Crippen molar-refractivity contribution in [2.45, 2.75) is 18.7 Å². The average molecular weight is 232 g/mol. The number of nitrogens with one attached hydrogen (secondary N) is 1. The van der Waals surface area contributed by atoms with Crippen molar-refractivity contribution < 1.29 is 8.42 Å². The maximum atomic E-state index is 11.5. The molecular weight excluding hydrogens is 216 g/mol. The van der Waals surface area contributed by atoms with Gasteiger partial charge in [0.2, 0.25) is 10.0 Å². The highest BCUT2D eigenvalue weighted by Crippen LogP contribution is 2.00. The molecule has 0 aliphatic rings. The third-order valence-electron chi connectivity index (χ3n) is 2.24. The van der Waals surface area contributed by atoms with Crippen LogP contribution in [0.3, 0.4) is 0 Å². The Bertz CT molecular complexity index is 412. The summed E-state index contributed by atoms with van der Waals surface area (Å²) in [6.45, 7) is 1.93. The van der Waals surface area contributed by atoms with Gasteiger partial charge < -0.3 is 5.73 Å². The lowest BCUT2D eigenvalue weighted by molar-refractivity contribution is 0.565. The second-order valence-corrected chi connectivity index (χ2v) is 5.54. The van der Waals surface area contributed by atoms with E-state index in [9.17, 15) is 8.42 Å². The molecule has 0 aliphatic heterocycles. The number of hydrogen-bond acceptors (Lipinski definition) is 4. The van der Waals surface area contributed by atoms with Crippen molar-refractivity contribution >= 4 is 10.0 Å². The number of nitrogens with zero attached hydrogens (tertiary/aromatic N) is 2. The van der Waals surface area contributed by atoms with Crippen LogP contribution >= 0.6 is 0 Å². The van der Waals surface area contributed by atoms with Gasteiger partial charge in [0.05, 0.1) is 17.5 Å². The Morgan fingerprint density at radius 2 is 2.33 bits per heavy atom. The van der Waals surface area contributed by atoms with Crippen LogP contribution in [0.15, 0.2) is 12.3 Å². The zero-order valence-electron chi connectivity index (χ0n) is 8.84. The SMILES string of the molecule is CC(CN)S(=O)(=O)NCc1ccnn1C. The first-order valence-corrected chi connectivity index (χ1v) is 6.17. The second-order valence-electron chi connectivity index (χ2n) is 3.36. The number of aromatic nitrogens is 2. The third-order valence-corrected chi connectivity index (χ3v) is 4.04. The van der Waals surface area contributed by atoms with Crippen LogP contribution in [0.25, 0.3) is 0 Å². The molecule has 0 bridgehead atoms. The van der Waals surface area contributed by atoms with Gasteiger partial charge in [0.1, 0.15) is 0 Å². The molecule has 1 atom stereocenters. The molecule has 6 nitrogen and oxygen atoms in total. The predicted molar refractivity (Wildman–Crippen MR) is 57.5 cm³/mol. The smallest absolute Gasteiger partial charge is 0.215 e. The number of aryl methyl sites for hydroxylation is 1. The largest absolute Gasteiger partial charge is 0.329 e. The number of rotatable bonds is 5. The molecule has 0 amide bonds. The lowest BCUT2D eigenvalue weighted by Gasteiger charge is -2.11. The molecule has 7 heteroatoms. The molecular formula is C8H16N4O2S. The summed E-state index contributed by atoms with van der Waals surface area (Å²) in [5.74, 6) is 0. The van der Waals surface area contributed by atoms with E-state index in [2.05, 4.69) is 9.82 Å². The van der Waals surface area contributed by atoms with Crippen molar-refractivity contribution in [2.24, 2.45) is 12.8 Å². The van der Waals surface area contributed by atoms with Gasteiger partial charge in [-0.3, -0.25) is 4.68 Å². The predicted octanol–water partition coefficient (Wildman–Crippen LogP) is -0.813. The molecule has 0 radical (unpaired) electrons. The van der Waals surface area contributed by atoms with Crippen molar-refractivity contribution in [3.8, 4) is 0 Å². The van der Waals surface area contributed by atoms with Gasteiger partial charge in [-0.2, -0.15) is 5.10 Å². The lowest BCUT2D eigenvalue weighted by atomic mass is 10.4. The fraction of sp³-hybridized carbons (Fsp3) is 0.625. The van der Waals surface area contributed by atoms with E-state index in [1.807, 2.05) is 0 Å². The summed E-state index contributed by atoms with van der Waals surface area (Å²) in [5.41, 5.74) is 6.11. The molecule has 3 N–H and O–H groups in total. The van der Waals surface area contributed by atoms with E-state index in [0.29, 0.717) is 0 Å². The first kappa shape index (κ1) is 12.2. The van der Waals surface area contributed by atoms with Crippen molar-refractivity contribution in [1.29, 1.82) is 0 Å². The van der Waals surface area contributed by atoms with Gasteiger partial charge in [0, 0.05) is 19.8 Å². The van der Waals surface area contributed by atoms with Crippen LogP contribution in [0.1, 0.15) is 12.6 Å². The topological polar surface area (TPSA) is 90.0 Å². The minimum Gasteiger partial charge on any atom is -0.329 e. The molecule has 1 rings (SSSR count). The van der Waals surface area contributed by atoms with Crippen molar-refractivity contribution in [3.05, 3.63) is 18.0 Å². The van der Waals surface area contributed by atoms with Gasteiger partial charge in [-0.1, -0.05) is 0 Å². The van der Waals surface area contributed by atoms with Gasteiger partial charge in [-0.15, -0.1) is 0 Å². The van der Waals surface area contributed by atoms with Crippen LogP contribution in [0.2, 0.25) is 0 Å². The van der Waals surface area contributed by atoms with Gasteiger partial charge in [0.15, 0.2) is 0 Å². The third kappa shape index (κ3) is 3.01. The Labute approximate surface area is 89.5 Å². The zero-order valence-corrected chi connectivity index (χ0v) is 9.66. The van der Waals surface area contributed by atoms with Crippen LogP contribution in [0.5, 0.6) is 0 Å². The molecule has 1 aromatic heterocycles. The molecule has 0 fully saturated rings. The fourth-order valence-electron chi connectivity index (χ4n) is 1.02. The summed E-state index contributed by atoms with van der Waals surface area (Å²) in [7, 11) is -1.56. The Morgan fingerprint density at radius 1 is 1.67 bits per heavy atom. The van der Waals surface area contributed by atoms with Crippen molar-refractivity contribution in [2.75, 3.05) is 6.54 Å². The van der Waals surface area contributed by atoms with Crippen molar-refractivity contribution in [1.82, 2.24) is 14.5 Å². The highest BCUT2D eigenvalue weighted by molar-refractivity contribution is 7.90. The molecule has 0 aliphatic carbocycles. The monoisotopic (exact) mass is 232 g/mol. The average Bonchev–Trinajstić information content (AvgIpc) is 2.60. The molecule has 0 saturated heterocycles. The first-order valence-electron chi connectivity index (χ1n) is 4.63. The summed E-state index contributed by atoms with van der Waals surface area (Å²) >= 11 is 0. The summed E-state index contributed by atoms with van der Waals surface area (Å²) in [5, 5.41) is 3.36. The maximum absolute atomic E-state index is 11.5. The van der Waals surface area contributed by atoms with E-state index in [1.54, 1.807) is 30.9 Å². The molecule has 0 spiro atoms. The molecule has 0 aromatic carbocycles. The molecule has 0 saturated carbocycles. The molecule has 1 aromatic rings. The maximum Gasteiger partial charge on any atom is 0.215 e. The van der Waals surface area contributed by atoms with Crippen LogP contribution in [0, 0.1) is 0 Å². The second kappa shape index (κ2) is 4.73. The Hall–Kier alpha value is -0.920. The number of sulfonamides is 1. The molecule has 15 heavy (non-hydrogen) atoms. The first-order chi connectivity index (χ1) is 6.97. The van der Waals surface area contributed by atoms with E-state index >= 15 is 0 Å². The Morgan fingerprint density at radius 3 is 2.80 bits per heavy atom. The van der Waals surface area contributed by atoms with E-state index in [1.165, 1.54) is 0 Å². The van der Waals surface area contributed by atoms with E-state index in [4.69, 9.17) is 5.73 Å². The van der Waals surface area contributed by atoms with E-state index in [0.717, 1.165) is 5.69 Å². The van der Waals surface area contributed by atoms with Gasteiger partial charge in [0.25, 0.3) is 0 Å². The standard InChI is InChI=1S/C8H16N4O2S/c1-7(5-9)15(13,14)11-6-8-3-4-10-12(8)2/h3-4,7,11H,5-6,9H2,1-2H3. The van der Waals surface area contributed by atoms with Crippen molar-refractivity contribution in [3.63, 3.8) is 0 Å². The minimum atomic E-state index is -3.32. The van der Waals surface area contributed by atoms with Crippen LogP contribution < -0.4 is 10.5 Å². The Balaban J connectivity index is 2.62. The molecule has 86 valence electrons. The van der Waals surface area contributed by atoms with Gasteiger partial charge >= 0.3 is 0 Å². The lowest BCUT2D eigenvalue weighted by Crippen LogP contribution is -2.36. The fourth-order valence-corrected chi connectivity index (χ4v) is 1.91. The van der Waals surface area contributed by atoms with Crippen LogP contribution in [-0.4, -0.2) is 30.0 Å². The van der Waals surface area contributed by atoms with Crippen LogP contribution in [-0.2, 0) is 23.6 Å².